The molecule has 0 saturated heterocycles. The highest BCUT2D eigenvalue weighted by atomic mass is 16.2. The number of nitrogens with two attached hydrogens (primary N) is 1. The number of rotatable bonds is 11. The number of nitrogens with one attached hydrogen (secondary N) is 1. The number of carbonyl (C=O) groups excluding carboxylic acids is 1. The van der Waals surface area contributed by atoms with E-state index in [9.17, 15) is 4.79 Å². The molecule has 0 bridgehead atoms. The quantitative estimate of drug-likeness (QED) is 0.554. The van der Waals surface area contributed by atoms with Gasteiger partial charge in [-0.25, -0.2) is 0 Å². The van der Waals surface area contributed by atoms with Crippen molar-refractivity contribution in [3.8, 4) is 0 Å². The van der Waals surface area contributed by atoms with Crippen LogP contribution in [-0.4, -0.2) is 43.0 Å². The number of carbonyl (C=O) groups is 1. The predicted molar refractivity (Wildman–Crippen MR) is 77.5 cm³/mol. The molecule has 4 nitrogen and oxygen atoms in total. The van der Waals surface area contributed by atoms with E-state index in [-0.39, 0.29) is 11.9 Å². The van der Waals surface area contributed by atoms with E-state index in [4.69, 9.17) is 5.73 Å². The molecule has 0 aromatic rings. The third-order valence-corrected chi connectivity index (χ3v) is 3.17. The first kappa shape index (κ1) is 17.4. The Bertz CT molecular complexity index is 209. The van der Waals surface area contributed by atoms with Crippen LogP contribution in [0.5, 0.6) is 0 Å². The molecule has 0 aliphatic rings. The molecule has 0 heterocycles. The SMILES string of the molecule is CCCCCNC(=O)C(C)N(CCC)CCCN. The third kappa shape index (κ3) is 7.67. The summed E-state index contributed by atoms with van der Waals surface area (Å²) in [6, 6.07) is -0.0434. The summed E-state index contributed by atoms with van der Waals surface area (Å²) in [5.41, 5.74) is 5.54. The molecule has 0 spiro atoms. The molecule has 108 valence electrons. The van der Waals surface area contributed by atoms with E-state index in [0.717, 1.165) is 38.9 Å². The molecule has 1 unspecified atom stereocenters. The number of hydrogen-bond donors (Lipinski definition) is 2. The van der Waals surface area contributed by atoms with Crippen LogP contribution in [0.1, 0.15) is 52.9 Å². The molecule has 3 N–H and O–H groups in total. The fourth-order valence-electron chi connectivity index (χ4n) is 1.98. The van der Waals surface area contributed by atoms with Gasteiger partial charge in [-0.05, 0) is 39.3 Å². The summed E-state index contributed by atoms with van der Waals surface area (Å²) in [6.45, 7) is 9.65. The van der Waals surface area contributed by atoms with Crippen molar-refractivity contribution >= 4 is 5.91 Å². The van der Waals surface area contributed by atoms with Gasteiger partial charge in [0.1, 0.15) is 0 Å². The lowest BCUT2D eigenvalue weighted by Gasteiger charge is -2.27. The van der Waals surface area contributed by atoms with Gasteiger partial charge in [-0.2, -0.15) is 0 Å². The second-order valence-corrected chi connectivity index (χ2v) is 4.85. The Morgan fingerprint density at radius 2 is 1.89 bits per heavy atom. The molecule has 0 saturated carbocycles. The zero-order valence-corrected chi connectivity index (χ0v) is 12.4. The summed E-state index contributed by atoms with van der Waals surface area (Å²) in [4.78, 5) is 14.2. The van der Waals surface area contributed by atoms with Crippen molar-refractivity contribution in [3.05, 3.63) is 0 Å². The first-order chi connectivity index (χ1) is 8.67. The second kappa shape index (κ2) is 11.5. The molecule has 1 amide bonds. The van der Waals surface area contributed by atoms with Gasteiger partial charge >= 0.3 is 0 Å². The molecular formula is C14H31N3O. The predicted octanol–water partition coefficient (Wildman–Crippen LogP) is 1.74. The Hall–Kier alpha value is -0.610. The smallest absolute Gasteiger partial charge is 0.237 e. The average molecular weight is 257 g/mol. The maximum absolute atomic E-state index is 12.0. The molecule has 0 aliphatic heterocycles. The van der Waals surface area contributed by atoms with Gasteiger partial charge in [-0.3, -0.25) is 9.69 Å². The zero-order chi connectivity index (χ0) is 13.8. The van der Waals surface area contributed by atoms with Crippen LogP contribution < -0.4 is 11.1 Å². The van der Waals surface area contributed by atoms with Crippen LogP contribution in [0.25, 0.3) is 0 Å². The third-order valence-electron chi connectivity index (χ3n) is 3.17. The molecule has 0 aromatic carbocycles. The van der Waals surface area contributed by atoms with Gasteiger partial charge < -0.3 is 11.1 Å². The van der Waals surface area contributed by atoms with Crippen molar-refractivity contribution in [1.82, 2.24) is 10.2 Å². The molecule has 18 heavy (non-hydrogen) atoms. The van der Waals surface area contributed by atoms with E-state index in [1.807, 2.05) is 6.92 Å². The fraction of sp³-hybridized carbons (Fsp3) is 0.929. The molecule has 0 aliphatic carbocycles. The highest BCUT2D eigenvalue weighted by Crippen LogP contribution is 2.02. The summed E-state index contributed by atoms with van der Waals surface area (Å²) >= 11 is 0. The number of nitrogens with zero attached hydrogens (tertiary/aromatic N) is 1. The maximum Gasteiger partial charge on any atom is 0.237 e. The van der Waals surface area contributed by atoms with Gasteiger partial charge in [0.2, 0.25) is 5.91 Å². The largest absolute Gasteiger partial charge is 0.355 e. The number of hydrogen-bond acceptors (Lipinski definition) is 3. The normalized spacial score (nSPS) is 12.7. The zero-order valence-electron chi connectivity index (χ0n) is 12.4. The molecule has 0 fully saturated rings. The van der Waals surface area contributed by atoms with Crippen LogP contribution in [0.4, 0.5) is 0 Å². The lowest BCUT2D eigenvalue weighted by molar-refractivity contribution is -0.125. The minimum atomic E-state index is -0.0434. The van der Waals surface area contributed by atoms with E-state index < -0.39 is 0 Å². The maximum atomic E-state index is 12.0. The Balaban J connectivity index is 4.02. The van der Waals surface area contributed by atoms with E-state index in [1.165, 1.54) is 12.8 Å². The summed E-state index contributed by atoms with van der Waals surface area (Å²) in [6.07, 6.45) is 5.46. The summed E-state index contributed by atoms with van der Waals surface area (Å²) in [5.74, 6) is 0.150. The topological polar surface area (TPSA) is 58.4 Å². The number of amides is 1. The van der Waals surface area contributed by atoms with Gasteiger partial charge in [0, 0.05) is 13.1 Å². The van der Waals surface area contributed by atoms with Crippen LogP contribution in [0.3, 0.4) is 0 Å². The Labute approximate surface area is 112 Å². The van der Waals surface area contributed by atoms with Crippen LogP contribution in [0.15, 0.2) is 0 Å². The Morgan fingerprint density at radius 3 is 2.44 bits per heavy atom. The molecular weight excluding hydrogens is 226 g/mol. The van der Waals surface area contributed by atoms with Crippen molar-refractivity contribution in [2.24, 2.45) is 5.73 Å². The number of unbranched alkanes of at least 4 members (excludes halogenated alkanes) is 2. The van der Waals surface area contributed by atoms with Crippen LogP contribution in [0.2, 0.25) is 0 Å². The fourth-order valence-corrected chi connectivity index (χ4v) is 1.98. The van der Waals surface area contributed by atoms with Crippen LogP contribution in [0, 0.1) is 0 Å². The average Bonchev–Trinajstić information content (AvgIpc) is 2.38. The van der Waals surface area contributed by atoms with Gasteiger partial charge in [0.15, 0.2) is 0 Å². The Morgan fingerprint density at radius 1 is 1.17 bits per heavy atom. The van der Waals surface area contributed by atoms with Gasteiger partial charge in [-0.15, -0.1) is 0 Å². The van der Waals surface area contributed by atoms with E-state index in [0.29, 0.717) is 6.54 Å². The van der Waals surface area contributed by atoms with Crippen molar-refractivity contribution in [1.29, 1.82) is 0 Å². The summed E-state index contributed by atoms with van der Waals surface area (Å²) in [7, 11) is 0. The van der Waals surface area contributed by atoms with Crippen LogP contribution in [-0.2, 0) is 4.79 Å². The van der Waals surface area contributed by atoms with Crippen molar-refractivity contribution in [2.45, 2.75) is 58.9 Å². The first-order valence-corrected chi connectivity index (χ1v) is 7.39. The van der Waals surface area contributed by atoms with Gasteiger partial charge in [-0.1, -0.05) is 26.7 Å². The lowest BCUT2D eigenvalue weighted by atomic mass is 10.2. The summed E-state index contributed by atoms with van der Waals surface area (Å²) in [5, 5.41) is 3.02. The van der Waals surface area contributed by atoms with Gasteiger partial charge in [0.25, 0.3) is 0 Å². The molecule has 0 aromatic heterocycles. The molecule has 1 atom stereocenters. The molecule has 0 radical (unpaired) electrons. The highest BCUT2D eigenvalue weighted by Gasteiger charge is 2.19. The molecule has 4 heteroatoms. The Kier molecular flexibility index (Phi) is 11.1. The summed E-state index contributed by atoms with van der Waals surface area (Å²) < 4.78 is 0. The van der Waals surface area contributed by atoms with Gasteiger partial charge in [0.05, 0.1) is 6.04 Å². The standard InChI is InChI=1S/C14H31N3O/c1-4-6-7-10-16-14(18)13(3)17(11-5-2)12-8-9-15/h13H,4-12,15H2,1-3H3,(H,16,18). The van der Waals surface area contributed by atoms with Crippen molar-refractivity contribution in [3.63, 3.8) is 0 Å². The minimum Gasteiger partial charge on any atom is -0.355 e. The van der Waals surface area contributed by atoms with Crippen molar-refractivity contribution in [2.75, 3.05) is 26.2 Å². The lowest BCUT2D eigenvalue weighted by Crippen LogP contribution is -2.46. The molecule has 0 rings (SSSR count). The van der Waals surface area contributed by atoms with E-state index in [2.05, 4.69) is 24.1 Å². The highest BCUT2D eigenvalue weighted by molar-refractivity contribution is 5.81. The monoisotopic (exact) mass is 257 g/mol. The minimum absolute atomic E-state index is 0.0434. The van der Waals surface area contributed by atoms with E-state index in [1.54, 1.807) is 0 Å². The van der Waals surface area contributed by atoms with E-state index >= 15 is 0 Å². The van der Waals surface area contributed by atoms with Crippen LogP contribution >= 0.6 is 0 Å². The second-order valence-electron chi connectivity index (χ2n) is 4.85. The first-order valence-electron chi connectivity index (χ1n) is 7.39. The van der Waals surface area contributed by atoms with Crippen molar-refractivity contribution < 1.29 is 4.79 Å².